The Balaban J connectivity index is 2.22. The van der Waals surface area contributed by atoms with E-state index in [-0.39, 0.29) is 23.7 Å². The first-order chi connectivity index (χ1) is 14.7. The number of halogens is 1. The highest BCUT2D eigenvalue weighted by molar-refractivity contribution is 6.32. The van der Waals surface area contributed by atoms with Gasteiger partial charge in [0.05, 0.1) is 23.0 Å². The third kappa shape index (κ3) is 4.43. The van der Waals surface area contributed by atoms with Gasteiger partial charge in [0, 0.05) is 50.1 Å². The average Bonchev–Trinajstić information content (AvgIpc) is 2.69. The molecule has 31 heavy (non-hydrogen) atoms. The Morgan fingerprint density at radius 1 is 1.19 bits per heavy atom. The number of hydrogen-bond acceptors (Lipinski definition) is 5. The lowest BCUT2D eigenvalue weighted by Gasteiger charge is -2.46. The molecule has 0 bridgehead atoms. The summed E-state index contributed by atoms with van der Waals surface area (Å²) in [6.45, 7) is 9.38. The second kappa shape index (κ2) is 9.32. The van der Waals surface area contributed by atoms with Gasteiger partial charge >= 0.3 is 5.97 Å². The predicted octanol–water partition coefficient (Wildman–Crippen LogP) is 4.67. The van der Waals surface area contributed by atoms with Crippen LogP contribution >= 0.6 is 11.6 Å². The summed E-state index contributed by atoms with van der Waals surface area (Å²) in [5.41, 5.74) is 1.55. The van der Waals surface area contributed by atoms with Gasteiger partial charge in [0.1, 0.15) is 17.5 Å². The third-order valence-corrected chi connectivity index (χ3v) is 5.68. The van der Waals surface area contributed by atoms with Crippen molar-refractivity contribution < 1.29 is 19.4 Å². The van der Waals surface area contributed by atoms with Crippen LogP contribution in [-0.4, -0.2) is 42.0 Å². The summed E-state index contributed by atoms with van der Waals surface area (Å²) >= 11 is 6.53. The summed E-state index contributed by atoms with van der Waals surface area (Å²) in [7, 11) is 1.65. The predicted molar refractivity (Wildman–Crippen MR) is 122 cm³/mol. The lowest BCUT2D eigenvalue weighted by Crippen LogP contribution is -2.44. The van der Waals surface area contributed by atoms with E-state index in [1.54, 1.807) is 13.2 Å². The number of carboxylic acid groups (broad SMARTS) is 1. The Labute approximate surface area is 187 Å². The Kier molecular flexibility index (Phi) is 6.96. The van der Waals surface area contributed by atoms with Crippen LogP contribution in [0.3, 0.4) is 0 Å². The van der Waals surface area contributed by atoms with Crippen molar-refractivity contribution in [2.45, 2.75) is 46.3 Å². The summed E-state index contributed by atoms with van der Waals surface area (Å²) in [6.07, 6.45) is 2.01. The van der Waals surface area contributed by atoms with E-state index in [9.17, 15) is 14.7 Å². The van der Waals surface area contributed by atoms with Crippen LogP contribution in [0.4, 0.5) is 5.69 Å². The normalized spacial score (nSPS) is 15.2. The molecule has 3 rings (SSSR count). The minimum Gasteiger partial charge on any atom is -0.492 e. The number of benzene rings is 1. The molecule has 0 aliphatic carbocycles. The minimum absolute atomic E-state index is 0.106. The topological polar surface area (TPSA) is 81.0 Å². The average molecular weight is 449 g/mol. The zero-order valence-corrected chi connectivity index (χ0v) is 19.3. The first-order valence-electron chi connectivity index (χ1n) is 10.4. The van der Waals surface area contributed by atoms with Gasteiger partial charge in [0.15, 0.2) is 5.43 Å². The lowest BCUT2D eigenvalue weighted by atomic mass is 9.96. The monoisotopic (exact) mass is 448 g/mol. The molecule has 168 valence electrons. The second-order valence-electron chi connectivity index (χ2n) is 8.30. The fourth-order valence-electron chi connectivity index (χ4n) is 4.11. The first kappa shape index (κ1) is 23.2. The van der Waals surface area contributed by atoms with Gasteiger partial charge in [0.2, 0.25) is 0 Å². The number of hydrogen-bond donors (Lipinski definition) is 1. The molecule has 7 nitrogen and oxygen atoms in total. The molecule has 1 aromatic heterocycles. The second-order valence-corrected chi connectivity index (χ2v) is 8.71. The van der Waals surface area contributed by atoms with Crippen LogP contribution in [0, 0.1) is 5.92 Å². The van der Waals surface area contributed by atoms with Gasteiger partial charge in [-0.05, 0) is 25.8 Å². The Hall–Kier alpha value is -2.51. The van der Waals surface area contributed by atoms with Gasteiger partial charge in [-0.2, -0.15) is 0 Å². The number of pyridine rings is 1. The molecule has 0 fully saturated rings. The molecule has 1 aromatic carbocycles. The van der Waals surface area contributed by atoms with Gasteiger partial charge in [-0.25, -0.2) is 4.79 Å². The minimum atomic E-state index is -1.23. The van der Waals surface area contributed by atoms with Crippen LogP contribution in [0.5, 0.6) is 5.75 Å². The van der Waals surface area contributed by atoms with Crippen LogP contribution in [0.25, 0.3) is 11.3 Å². The van der Waals surface area contributed by atoms with Gasteiger partial charge < -0.3 is 24.0 Å². The Bertz CT molecular complexity index is 1030. The van der Waals surface area contributed by atoms with E-state index in [1.807, 2.05) is 10.6 Å². The molecule has 1 atom stereocenters. The number of carbonyl (C=O) groups is 1. The number of fused-ring (bicyclic) bond motifs is 3. The number of ether oxygens (including phenoxy) is 2. The van der Waals surface area contributed by atoms with Crippen LogP contribution in [-0.2, 0) is 4.74 Å². The molecule has 2 heterocycles. The van der Waals surface area contributed by atoms with E-state index < -0.39 is 11.4 Å². The van der Waals surface area contributed by atoms with Crippen molar-refractivity contribution in [2.24, 2.45) is 5.92 Å². The molecule has 8 heteroatoms. The molecular weight excluding hydrogens is 420 g/mol. The first-order valence-corrected chi connectivity index (χ1v) is 10.8. The standard InChI is InChI=1S/C23H29ClN2O5/c1-13(2)22-25-12-16(23(28)29)20(27)10-18(25)15-9-17(24)21(31-8-6-7-30-5)11-19(15)26(22)14(3)4/h9-14,22H,6-8H2,1-5H3,(H,28,29). The smallest absolute Gasteiger partial charge is 0.341 e. The molecule has 0 spiro atoms. The quantitative estimate of drug-likeness (QED) is 0.591. The van der Waals surface area contributed by atoms with Crippen molar-refractivity contribution in [2.75, 3.05) is 25.2 Å². The van der Waals surface area contributed by atoms with Crippen molar-refractivity contribution in [3.8, 4) is 17.0 Å². The van der Waals surface area contributed by atoms with Crippen LogP contribution in [0.1, 0.15) is 50.6 Å². The summed E-state index contributed by atoms with van der Waals surface area (Å²) in [4.78, 5) is 26.4. The SMILES string of the molecule is COCCCOc1cc2c(cc1Cl)-c1cc(=O)c(C(=O)O)cn1C(C(C)C)N2C(C)C. The summed E-state index contributed by atoms with van der Waals surface area (Å²) in [5, 5.41) is 9.92. The van der Waals surface area contributed by atoms with Crippen LogP contribution < -0.4 is 15.1 Å². The zero-order valence-electron chi connectivity index (χ0n) is 18.5. The molecular formula is C23H29ClN2O5. The molecule has 0 saturated heterocycles. The maximum absolute atomic E-state index is 12.5. The third-order valence-electron chi connectivity index (χ3n) is 5.39. The molecule has 0 amide bonds. The Morgan fingerprint density at radius 3 is 2.48 bits per heavy atom. The summed E-state index contributed by atoms with van der Waals surface area (Å²) in [6, 6.07) is 5.21. The number of rotatable bonds is 8. The van der Waals surface area contributed by atoms with Gasteiger partial charge in [-0.1, -0.05) is 25.4 Å². The van der Waals surface area contributed by atoms with E-state index in [0.717, 1.165) is 17.7 Å². The fourth-order valence-corrected chi connectivity index (χ4v) is 4.32. The number of anilines is 1. The number of nitrogens with zero attached hydrogens (tertiary/aromatic N) is 2. The number of methoxy groups -OCH3 is 1. The van der Waals surface area contributed by atoms with Crippen molar-refractivity contribution in [3.05, 3.63) is 45.2 Å². The van der Waals surface area contributed by atoms with Gasteiger partial charge in [-0.15, -0.1) is 0 Å². The molecule has 1 aliphatic rings. The van der Waals surface area contributed by atoms with E-state index in [4.69, 9.17) is 21.1 Å². The van der Waals surface area contributed by atoms with E-state index in [2.05, 4.69) is 32.6 Å². The molecule has 1 aliphatic heterocycles. The van der Waals surface area contributed by atoms with Crippen LogP contribution in [0.15, 0.2) is 29.2 Å². The largest absolute Gasteiger partial charge is 0.492 e. The van der Waals surface area contributed by atoms with Gasteiger partial charge in [-0.3, -0.25) is 4.79 Å². The maximum atomic E-state index is 12.5. The van der Waals surface area contributed by atoms with E-state index in [0.29, 0.717) is 29.7 Å². The van der Waals surface area contributed by atoms with E-state index >= 15 is 0 Å². The number of carboxylic acids is 1. The van der Waals surface area contributed by atoms with E-state index in [1.165, 1.54) is 12.3 Å². The molecule has 0 radical (unpaired) electrons. The van der Waals surface area contributed by atoms with Gasteiger partial charge in [0.25, 0.3) is 0 Å². The Morgan fingerprint density at radius 2 is 1.90 bits per heavy atom. The maximum Gasteiger partial charge on any atom is 0.341 e. The molecule has 0 saturated carbocycles. The zero-order chi connectivity index (χ0) is 22.9. The highest BCUT2D eigenvalue weighted by atomic mass is 35.5. The number of aromatic carboxylic acids is 1. The summed E-state index contributed by atoms with van der Waals surface area (Å²) < 4.78 is 12.9. The molecule has 2 aromatic rings. The number of aromatic nitrogens is 1. The lowest BCUT2D eigenvalue weighted by molar-refractivity contribution is 0.0694. The summed E-state index contributed by atoms with van der Waals surface area (Å²) in [5.74, 6) is -0.523. The van der Waals surface area contributed by atoms with Crippen molar-refractivity contribution in [1.82, 2.24) is 4.57 Å². The van der Waals surface area contributed by atoms with Crippen molar-refractivity contribution in [3.63, 3.8) is 0 Å². The van der Waals surface area contributed by atoms with Crippen molar-refractivity contribution in [1.29, 1.82) is 0 Å². The fraction of sp³-hybridized carbons (Fsp3) is 0.478. The molecule has 1 N–H and O–H groups in total. The van der Waals surface area contributed by atoms with Crippen LogP contribution in [0.2, 0.25) is 5.02 Å². The highest BCUT2D eigenvalue weighted by Gasteiger charge is 2.35. The highest BCUT2D eigenvalue weighted by Crippen LogP contribution is 2.47. The van der Waals surface area contributed by atoms with Crippen molar-refractivity contribution >= 4 is 23.3 Å². The molecule has 1 unspecified atom stereocenters.